The Morgan fingerprint density at radius 2 is 1.93 bits per heavy atom. The zero-order valence-electron chi connectivity index (χ0n) is 15.2. The number of piperidine rings is 1. The molecule has 2 aromatic carbocycles. The topological polar surface area (TPSA) is 59.4 Å². The number of thiazole rings is 1. The molecule has 0 spiro atoms. The zero-order chi connectivity index (χ0) is 19.0. The van der Waals surface area contributed by atoms with Crippen molar-refractivity contribution in [3.05, 3.63) is 63.8 Å². The van der Waals surface area contributed by atoms with Crippen LogP contribution in [-0.4, -0.2) is 30.4 Å². The van der Waals surface area contributed by atoms with Crippen LogP contribution in [0.2, 0.25) is 0 Å². The molecule has 1 fully saturated rings. The average Bonchev–Trinajstić information content (AvgIpc) is 2.97. The van der Waals surface area contributed by atoms with Crippen LogP contribution in [0.15, 0.2) is 58.2 Å². The second-order valence-electron chi connectivity index (χ2n) is 7.18. The SMILES string of the molecule is CC1CCCN(S(=O)(=O)c2ccc3c(c2)sc(=O)n3Cc2ccccc2)C1. The highest BCUT2D eigenvalue weighted by atomic mass is 32.2. The van der Waals surface area contributed by atoms with Crippen LogP contribution in [0.5, 0.6) is 0 Å². The van der Waals surface area contributed by atoms with Gasteiger partial charge in [0.1, 0.15) is 0 Å². The molecular weight excluding hydrogens is 380 g/mol. The van der Waals surface area contributed by atoms with Gasteiger partial charge in [0.25, 0.3) is 0 Å². The van der Waals surface area contributed by atoms with Gasteiger partial charge in [0.05, 0.1) is 21.7 Å². The predicted octanol–water partition coefficient (Wildman–Crippen LogP) is 3.53. The Hall–Kier alpha value is -1.96. The van der Waals surface area contributed by atoms with Crippen molar-refractivity contribution in [3.8, 4) is 0 Å². The standard InChI is InChI=1S/C20H22N2O3S2/c1-15-6-5-11-21(13-15)27(24,25)17-9-10-18-19(12-17)26-20(23)22(18)14-16-7-3-2-4-8-16/h2-4,7-10,12,15H,5-6,11,13-14H2,1H3. The van der Waals surface area contributed by atoms with E-state index in [9.17, 15) is 13.2 Å². The molecule has 142 valence electrons. The van der Waals surface area contributed by atoms with E-state index in [1.165, 1.54) is 0 Å². The first-order valence-electron chi connectivity index (χ1n) is 9.12. The van der Waals surface area contributed by atoms with Gasteiger partial charge in [-0.05, 0) is 42.5 Å². The first-order chi connectivity index (χ1) is 12.9. The first-order valence-corrected chi connectivity index (χ1v) is 11.4. The van der Waals surface area contributed by atoms with Gasteiger partial charge in [0.15, 0.2) is 0 Å². The van der Waals surface area contributed by atoms with E-state index in [-0.39, 0.29) is 9.77 Å². The van der Waals surface area contributed by atoms with Crippen molar-refractivity contribution in [1.29, 1.82) is 0 Å². The van der Waals surface area contributed by atoms with Crippen LogP contribution in [0, 0.1) is 5.92 Å². The summed E-state index contributed by atoms with van der Waals surface area (Å²) in [6.45, 7) is 3.69. The molecule has 4 rings (SSSR count). The Bertz CT molecular complexity index is 1120. The van der Waals surface area contributed by atoms with Crippen LogP contribution in [0.1, 0.15) is 25.3 Å². The maximum atomic E-state index is 13.0. The minimum absolute atomic E-state index is 0.0741. The number of hydrogen-bond acceptors (Lipinski definition) is 4. The maximum absolute atomic E-state index is 13.0. The molecule has 1 saturated heterocycles. The van der Waals surface area contributed by atoms with E-state index in [0.717, 1.165) is 35.3 Å². The molecule has 1 aromatic heterocycles. The summed E-state index contributed by atoms with van der Waals surface area (Å²) < 4.78 is 30.0. The summed E-state index contributed by atoms with van der Waals surface area (Å²) in [5, 5.41) is 0. The molecular formula is C20H22N2O3S2. The van der Waals surface area contributed by atoms with E-state index in [1.54, 1.807) is 27.1 Å². The lowest BCUT2D eigenvalue weighted by atomic mass is 10.0. The fourth-order valence-corrected chi connectivity index (χ4v) is 6.27. The van der Waals surface area contributed by atoms with Crippen LogP contribution in [0.3, 0.4) is 0 Å². The molecule has 3 aromatic rings. The molecule has 1 unspecified atom stereocenters. The molecule has 0 saturated carbocycles. The Kier molecular flexibility index (Phi) is 4.92. The third-order valence-electron chi connectivity index (χ3n) is 5.08. The van der Waals surface area contributed by atoms with E-state index in [2.05, 4.69) is 6.92 Å². The van der Waals surface area contributed by atoms with Crippen LogP contribution in [0.25, 0.3) is 10.2 Å². The largest absolute Gasteiger partial charge is 0.308 e. The van der Waals surface area contributed by atoms with Gasteiger partial charge < -0.3 is 0 Å². The quantitative estimate of drug-likeness (QED) is 0.671. The summed E-state index contributed by atoms with van der Waals surface area (Å²) >= 11 is 1.10. The third-order valence-corrected chi connectivity index (χ3v) is 7.88. The smallest absolute Gasteiger partial charge is 0.294 e. The van der Waals surface area contributed by atoms with Gasteiger partial charge in [-0.2, -0.15) is 4.31 Å². The van der Waals surface area contributed by atoms with E-state index >= 15 is 0 Å². The van der Waals surface area contributed by atoms with Crippen molar-refractivity contribution < 1.29 is 8.42 Å². The van der Waals surface area contributed by atoms with Crippen molar-refractivity contribution in [1.82, 2.24) is 8.87 Å². The van der Waals surface area contributed by atoms with Gasteiger partial charge in [0, 0.05) is 13.1 Å². The van der Waals surface area contributed by atoms with Crippen molar-refractivity contribution in [2.24, 2.45) is 5.92 Å². The average molecular weight is 403 g/mol. The van der Waals surface area contributed by atoms with E-state index in [4.69, 9.17) is 0 Å². The van der Waals surface area contributed by atoms with Crippen molar-refractivity contribution in [2.75, 3.05) is 13.1 Å². The molecule has 0 bridgehead atoms. The Labute approximate surface area is 162 Å². The summed E-state index contributed by atoms with van der Waals surface area (Å²) in [5.74, 6) is 0.375. The number of sulfonamides is 1. The van der Waals surface area contributed by atoms with E-state index < -0.39 is 10.0 Å². The summed E-state index contributed by atoms with van der Waals surface area (Å²) in [5.41, 5.74) is 1.82. The minimum atomic E-state index is -3.52. The molecule has 0 aliphatic carbocycles. The molecule has 27 heavy (non-hydrogen) atoms. The lowest BCUT2D eigenvalue weighted by Gasteiger charge is -2.30. The van der Waals surface area contributed by atoms with Crippen LogP contribution >= 0.6 is 11.3 Å². The lowest BCUT2D eigenvalue weighted by Crippen LogP contribution is -2.39. The number of fused-ring (bicyclic) bond motifs is 1. The Morgan fingerprint density at radius 1 is 1.15 bits per heavy atom. The van der Waals surface area contributed by atoms with E-state index in [1.807, 2.05) is 30.3 Å². The molecule has 0 amide bonds. The fourth-order valence-electron chi connectivity index (χ4n) is 3.64. The first kappa shape index (κ1) is 18.4. The molecule has 1 atom stereocenters. The van der Waals surface area contributed by atoms with Gasteiger partial charge in [-0.3, -0.25) is 9.36 Å². The normalized spacial score (nSPS) is 18.8. The molecule has 1 aliphatic rings. The van der Waals surface area contributed by atoms with E-state index in [0.29, 0.717) is 30.3 Å². The predicted molar refractivity (Wildman–Crippen MR) is 109 cm³/mol. The third kappa shape index (κ3) is 3.59. The monoisotopic (exact) mass is 402 g/mol. The Morgan fingerprint density at radius 3 is 2.67 bits per heavy atom. The Balaban J connectivity index is 1.70. The van der Waals surface area contributed by atoms with Gasteiger partial charge in [-0.1, -0.05) is 48.6 Å². The second kappa shape index (κ2) is 7.22. The number of benzene rings is 2. The highest BCUT2D eigenvalue weighted by molar-refractivity contribution is 7.89. The molecule has 2 heterocycles. The summed E-state index contributed by atoms with van der Waals surface area (Å²) in [7, 11) is -3.52. The van der Waals surface area contributed by atoms with Gasteiger partial charge in [-0.25, -0.2) is 8.42 Å². The highest BCUT2D eigenvalue weighted by Crippen LogP contribution is 2.27. The summed E-state index contributed by atoms with van der Waals surface area (Å²) in [6, 6.07) is 14.8. The fraction of sp³-hybridized carbons (Fsp3) is 0.350. The highest BCUT2D eigenvalue weighted by Gasteiger charge is 2.29. The molecule has 0 N–H and O–H groups in total. The minimum Gasteiger partial charge on any atom is -0.294 e. The number of nitrogens with zero attached hydrogens (tertiary/aromatic N) is 2. The zero-order valence-corrected chi connectivity index (χ0v) is 16.8. The summed E-state index contributed by atoms with van der Waals surface area (Å²) in [6.07, 6.45) is 1.96. The molecule has 5 nitrogen and oxygen atoms in total. The van der Waals surface area contributed by atoms with Gasteiger partial charge in [-0.15, -0.1) is 0 Å². The molecule has 0 radical (unpaired) electrons. The van der Waals surface area contributed by atoms with Crippen LogP contribution < -0.4 is 4.87 Å². The van der Waals surface area contributed by atoms with Crippen molar-refractivity contribution >= 4 is 31.6 Å². The molecule has 7 heteroatoms. The van der Waals surface area contributed by atoms with Crippen LogP contribution in [-0.2, 0) is 16.6 Å². The van der Waals surface area contributed by atoms with Crippen molar-refractivity contribution in [2.45, 2.75) is 31.2 Å². The lowest BCUT2D eigenvalue weighted by molar-refractivity contribution is 0.281. The second-order valence-corrected chi connectivity index (χ2v) is 10.1. The van der Waals surface area contributed by atoms with Gasteiger partial charge >= 0.3 is 4.87 Å². The van der Waals surface area contributed by atoms with Crippen molar-refractivity contribution in [3.63, 3.8) is 0 Å². The van der Waals surface area contributed by atoms with Gasteiger partial charge in [0.2, 0.25) is 10.0 Å². The molecule has 1 aliphatic heterocycles. The van der Waals surface area contributed by atoms with Crippen LogP contribution in [0.4, 0.5) is 0 Å². The number of hydrogen-bond donors (Lipinski definition) is 0. The number of rotatable bonds is 4. The maximum Gasteiger partial charge on any atom is 0.308 e. The summed E-state index contributed by atoms with van der Waals surface area (Å²) in [4.78, 5) is 12.7. The number of aromatic nitrogens is 1.